The zero-order valence-corrected chi connectivity index (χ0v) is 13.3. The van der Waals surface area contributed by atoms with Crippen molar-refractivity contribution in [2.45, 2.75) is 32.8 Å². The van der Waals surface area contributed by atoms with Crippen LogP contribution in [0.2, 0.25) is 0 Å². The Balaban J connectivity index is 2.14. The Kier molecular flexibility index (Phi) is 5.33. The van der Waals surface area contributed by atoms with Crippen LogP contribution < -0.4 is 4.74 Å². The lowest BCUT2D eigenvalue weighted by Gasteiger charge is -2.05. The number of benzene rings is 1. The molecule has 0 fully saturated rings. The van der Waals surface area contributed by atoms with Gasteiger partial charge in [0.25, 0.3) is 0 Å². The molecule has 21 heavy (non-hydrogen) atoms. The molecule has 5 heteroatoms. The third-order valence-electron chi connectivity index (χ3n) is 2.94. The summed E-state index contributed by atoms with van der Waals surface area (Å²) in [6, 6.07) is 9.58. The molecular formula is C16H19NO3S. The minimum Gasteiger partial charge on any atom is -0.487 e. The van der Waals surface area contributed by atoms with Gasteiger partial charge < -0.3 is 9.47 Å². The first-order chi connectivity index (χ1) is 10.1. The highest BCUT2D eigenvalue weighted by atomic mass is 32.1. The summed E-state index contributed by atoms with van der Waals surface area (Å²) in [5.74, 6) is 0.868. The van der Waals surface area contributed by atoms with Crippen LogP contribution in [0.3, 0.4) is 0 Å². The molecule has 112 valence electrons. The van der Waals surface area contributed by atoms with Crippen LogP contribution >= 0.6 is 11.3 Å². The average Bonchev–Trinajstić information content (AvgIpc) is 2.89. The highest BCUT2D eigenvalue weighted by Gasteiger charge is 2.17. The summed E-state index contributed by atoms with van der Waals surface area (Å²) in [5.41, 5.74) is 0.818. The van der Waals surface area contributed by atoms with Crippen molar-refractivity contribution < 1.29 is 14.3 Å². The average molecular weight is 305 g/mol. The first kappa shape index (κ1) is 15.5. The molecule has 0 N–H and O–H groups in total. The molecule has 0 spiro atoms. The summed E-state index contributed by atoms with van der Waals surface area (Å²) in [6.07, 6.45) is 0.244. The molecule has 2 aromatic rings. The number of rotatable bonds is 6. The Hall–Kier alpha value is -1.88. The fourth-order valence-electron chi connectivity index (χ4n) is 1.77. The molecule has 0 radical (unpaired) electrons. The summed E-state index contributed by atoms with van der Waals surface area (Å²) < 4.78 is 10.5. The maximum absolute atomic E-state index is 11.5. The summed E-state index contributed by atoms with van der Waals surface area (Å²) in [5, 5.41) is 1.01. The lowest BCUT2D eigenvalue weighted by molar-refractivity contribution is -0.139. The van der Waals surface area contributed by atoms with Crippen molar-refractivity contribution in [3.63, 3.8) is 0 Å². The Labute approximate surface area is 128 Å². The maximum Gasteiger partial charge on any atom is 0.310 e. The molecule has 0 unspecified atom stereocenters. The number of thiazole rings is 1. The van der Waals surface area contributed by atoms with Crippen molar-refractivity contribution in [1.82, 2.24) is 4.98 Å². The van der Waals surface area contributed by atoms with E-state index in [1.54, 1.807) is 11.3 Å². The van der Waals surface area contributed by atoms with Crippen molar-refractivity contribution >= 4 is 17.3 Å². The third kappa shape index (κ3) is 4.29. The molecular weight excluding hydrogens is 286 g/mol. The number of aromatic nitrogens is 1. The third-order valence-corrected chi connectivity index (χ3v) is 4.34. The van der Waals surface area contributed by atoms with Gasteiger partial charge in [-0.3, -0.25) is 4.79 Å². The second-order valence-electron chi connectivity index (χ2n) is 4.93. The largest absolute Gasteiger partial charge is 0.487 e. The van der Waals surface area contributed by atoms with Crippen LogP contribution in [0.15, 0.2) is 30.3 Å². The van der Waals surface area contributed by atoms with Gasteiger partial charge in [-0.15, -0.1) is 11.3 Å². The number of esters is 1. The Morgan fingerprint density at radius 2 is 2.00 bits per heavy atom. The number of carbonyl (C=O) groups excluding carboxylic acids is 1. The highest BCUT2D eigenvalue weighted by molar-refractivity contribution is 7.11. The number of carbonyl (C=O) groups is 1. The van der Waals surface area contributed by atoms with Crippen molar-refractivity contribution in [2.24, 2.45) is 0 Å². The molecule has 0 saturated heterocycles. The monoisotopic (exact) mass is 305 g/mol. The molecule has 1 aromatic carbocycles. The van der Waals surface area contributed by atoms with Gasteiger partial charge in [0.05, 0.1) is 24.2 Å². The quantitative estimate of drug-likeness (QED) is 0.766. The molecule has 0 aliphatic heterocycles. The highest BCUT2D eigenvalue weighted by Crippen LogP contribution is 2.26. The Bertz CT molecular complexity index is 593. The van der Waals surface area contributed by atoms with Crippen LogP contribution in [-0.4, -0.2) is 18.1 Å². The molecule has 1 aromatic heterocycles. The van der Waals surface area contributed by atoms with E-state index in [1.807, 2.05) is 30.3 Å². The van der Waals surface area contributed by atoms with Crippen molar-refractivity contribution in [1.29, 1.82) is 0 Å². The van der Waals surface area contributed by atoms with Crippen molar-refractivity contribution in [3.05, 3.63) is 45.9 Å². The number of para-hydroxylation sites is 1. The van der Waals surface area contributed by atoms with Gasteiger partial charge in [0.1, 0.15) is 12.4 Å². The smallest absolute Gasteiger partial charge is 0.310 e. The summed E-state index contributed by atoms with van der Waals surface area (Å²) in [6.45, 7) is 4.53. The van der Waals surface area contributed by atoms with Crippen LogP contribution in [0.4, 0.5) is 0 Å². The molecule has 2 rings (SSSR count). The Morgan fingerprint density at radius 3 is 2.62 bits per heavy atom. The lowest BCUT2D eigenvalue weighted by atomic mass is 10.2. The molecule has 0 aliphatic rings. The molecule has 1 heterocycles. The van der Waals surface area contributed by atoms with Gasteiger partial charge in [-0.2, -0.15) is 0 Å². The molecule has 0 aliphatic carbocycles. The van der Waals surface area contributed by atoms with Gasteiger partial charge in [-0.1, -0.05) is 32.0 Å². The second-order valence-corrected chi connectivity index (χ2v) is 6.05. The SMILES string of the molecule is COC(=O)Cc1sc(C(C)C)nc1COc1ccccc1. The predicted molar refractivity (Wildman–Crippen MR) is 82.7 cm³/mol. The van der Waals surface area contributed by atoms with Gasteiger partial charge in [0.15, 0.2) is 0 Å². The summed E-state index contributed by atoms with van der Waals surface area (Å²) in [7, 11) is 1.40. The van der Waals surface area contributed by atoms with E-state index in [1.165, 1.54) is 7.11 Å². The topological polar surface area (TPSA) is 48.4 Å². The van der Waals surface area contributed by atoms with E-state index in [0.717, 1.165) is 21.3 Å². The van der Waals surface area contributed by atoms with Gasteiger partial charge >= 0.3 is 5.97 Å². The van der Waals surface area contributed by atoms with Crippen LogP contribution in [0.25, 0.3) is 0 Å². The van der Waals surface area contributed by atoms with Crippen LogP contribution in [0.1, 0.15) is 35.3 Å². The number of ether oxygens (including phenoxy) is 2. The lowest BCUT2D eigenvalue weighted by Crippen LogP contribution is -2.06. The van der Waals surface area contributed by atoms with E-state index in [4.69, 9.17) is 9.47 Å². The summed E-state index contributed by atoms with van der Waals surface area (Å²) in [4.78, 5) is 17.0. The zero-order chi connectivity index (χ0) is 15.2. The second kappa shape index (κ2) is 7.22. The van der Waals surface area contributed by atoms with Crippen molar-refractivity contribution in [2.75, 3.05) is 7.11 Å². The van der Waals surface area contributed by atoms with Gasteiger partial charge in [0, 0.05) is 10.8 Å². The van der Waals surface area contributed by atoms with Crippen molar-refractivity contribution in [3.8, 4) is 5.75 Å². The van der Waals surface area contributed by atoms with Crippen LogP contribution in [-0.2, 0) is 22.6 Å². The number of hydrogen-bond donors (Lipinski definition) is 0. The molecule has 0 bridgehead atoms. The molecule has 0 amide bonds. The van der Waals surface area contributed by atoms with E-state index in [-0.39, 0.29) is 12.4 Å². The summed E-state index contributed by atoms with van der Waals surface area (Å²) >= 11 is 1.55. The molecule has 4 nitrogen and oxygen atoms in total. The minimum absolute atomic E-state index is 0.244. The van der Waals surface area contributed by atoms with Gasteiger partial charge in [-0.25, -0.2) is 4.98 Å². The fourth-order valence-corrected chi connectivity index (χ4v) is 2.83. The Morgan fingerprint density at radius 1 is 1.29 bits per heavy atom. The van der Waals surface area contributed by atoms with E-state index < -0.39 is 0 Å². The standard InChI is InChI=1S/C16H19NO3S/c1-11(2)16-17-13(14(21-16)9-15(18)19-3)10-20-12-7-5-4-6-8-12/h4-8,11H,9-10H2,1-3H3. The fraction of sp³-hybridized carbons (Fsp3) is 0.375. The van der Waals surface area contributed by atoms with E-state index in [9.17, 15) is 4.79 Å². The normalized spacial score (nSPS) is 10.7. The zero-order valence-electron chi connectivity index (χ0n) is 12.5. The number of nitrogens with zero attached hydrogens (tertiary/aromatic N) is 1. The number of methoxy groups -OCH3 is 1. The van der Waals surface area contributed by atoms with E-state index in [2.05, 4.69) is 18.8 Å². The predicted octanol–water partition coefficient (Wildman–Crippen LogP) is 3.56. The first-order valence-electron chi connectivity index (χ1n) is 6.83. The van der Waals surface area contributed by atoms with E-state index >= 15 is 0 Å². The van der Waals surface area contributed by atoms with E-state index in [0.29, 0.717) is 12.5 Å². The maximum atomic E-state index is 11.5. The van der Waals surface area contributed by atoms with Crippen LogP contribution in [0, 0.1) is 0 Å². The molecule has 0 saturated carbocycles. The van der Waals surface area contributed by atoms with Crippen LogP contribution in [0.5, 0.6) is 5.75 Å². The number of hydrogen-bond acceptors (Lipinski definition) is 5. The first-order valence-corrected chi connectivity index (χ1v) is 7.65. The van der Waals surface area contributed by atoms with Gasteiger partial charge in [-0.05, 0) is 12.1 Å². The minimum atomic E-state index is -0.255. The molecule has 0 atom stereocenters. The van der Waals surface area contributed by atoms with Gasteiger partial charge in [0.2, 0.25) is 0 Å².